The summed E-state index contributed by atoms with van der Waals surface area (Å²) in [6.45, 7) is 16.4. The van der Waals surface area contributed by atoms with Gasteiger partial charge in [-0.15, -0.1) is 0 Å². The molecule has 1 atom stereocenters. The lowest BCUT2D eigenvalue weighted by molar-refractivity contribution is 0.0279. The second-order valence-electron chi connectivity index (χ2n) is 6.72. The summed E-state index contributed by atoms with van der Waals surface area (Å²) in [7, 11) is 0. The Morgan fingerprint density at radius 2 is 1.68 bits per heavy atom. The Morgan fingerprint density at radius 1 is 1.05 bits per heavy atom. The summed E-state index contributed by atoms with van der Waals surface area (Å²) in [6, 6.07) is 0. The van der Waals surface area contributed by atoms with E-state index < -0.39 is 0 Å². The van der Waals surface area contributed by atoms with Crippen molar-refractivity contribution >= 4 is 0 Å². The maximum Gasteiger partial charge on any atom is 0.0156 e. The van der Waals surface area contributed by atoms with Crippen LogP contribution in [0.2, 0.25) is 0 Å². The topological polar surface area (TPSA) is 15.3 Å². The molecule has 2 aliphatic rings. The molecule has 1 N–H and O–H groups in total. The van der Waals surface area contributed by atoms with Crippen molar-refractivity contribution in [3.8, 4) is 0 Å². The van der Waals surface area contributed by atoms with Crippen LogP contribution < -0.4 is 5.32 Å². The number of piperidine rings is 2. The molecule has 19 heavy (non-hydrogen) atoms. The van der Waals surface area contributed by atoms with E-state index in [9.17, 15) is 0 Å². The van der Waals surface area contributed by atoms with Crippen LogP contribution in [-0.4, -0.2) is 36.6 Å². The predicted molar refractivity (Wildman–Crippen MR) is 85.6 cm³/mol. The van der Waals surface area contributed by atoms with E-state index in [1.165, 1.54) is 58.3 Å². The van der Waals surface area contributed by atoms with Gasteiger partial charge in [-0.3, -0.25) is 4.90 Å². The van der Waals surface area contributed by atoms with Crippen LogP contribution in [0.5, 0.6) is 0 Å². The summed E-state index contributed by atoms with van der Waals surface area (Å²) in [5, 5.41) is 3.47. The van der Waals surface area contributed by atoms with Crippen molar-refractivity contribution in [1.29, 1.82) is 0 Å². The first-order valence-electron chi connectivity index (χ1n) is 8.57. The molecular formula is C17H36N2. The third-order valence-corrected chi connectivity index (χ3v) is 4.97. The highest BCUT2D eigenvalue weighted by Gasteiger charge is 2.35. The lowest BCUT2D eigenvalue weighted by atomic mass is 9.80. The van der Waals surface area contributed by atoms with Crippen molar-refractivity contribution in [3.63, 3.8) is 0 Å². The van der Waals surface area contributed by atoms with Crippen molar-refractivity contribution in [2.75, 3.05) is 26.2 Å². The minimum absolute atomic E-state index is 0.434. The normalized spacial score (nSPS) is 28.6. The summed E-state index contributed by atoms with van der Waals surface area (Å²) in [5.74, 6) is 1.91. The first kappa shape index (κ1) is 17.0. The molecule has 2 saturated heterocycles. The minimum atomic E-state index is 0.434. The van der Waals surface area contributed by atoms with Gasteiger partial charge in [0.05, 0.1) is 0 Å². The van der Waals surface area contributed by atoms with Crippen LogP contribution in [0.1, 0.15) is 66.7 Å². The number of likely N-dealkylation sites (tertiary alicyclic amines) is 1. The van der Waals surface area contributed by atoms with E-state index in [0.717, 1.165) is 11.8 Å². The fourth-order valence-electron chi connectivity index (χ4n) is 3.64. The number of rotatable bonds is 3. The highest BCUT2D eigenvalue weighted by Crippen LogP contribution is 2.34. The molecule has 2 nitrogen and oxygen atoms in total. The molecule has 0 aromatic rings. The van der Waals surface area contributed by atoms with Crippen molar-refractivity contribution in [2.45, 2.75) is 72.3 Å². The lowest BCUT2D eigenvalue weighted by Gasteiger charge is -2.47. The maximum absolute atomic E-state index is 3.47. The quantitative estimate of drug-likeness (QED) is 0.835. The number of nitrogens with one attached hydrogen (secondary N) is 1. The van der Waals surface area contributed by atoms with Crippen LogP contribution in [0.3, 0.4) is 0 Å². The van der Waals surface area contributed by atoms with Gasteiger partial charge in [-0.05, 0) is 71.0 Å². The second-order valence-corrected chi connectivity index (χ2v) is 6.72. The highest BCUT2D eigenvalue weighted by atomic mass is 15.2. The van der Waals surface area contributed by atoms with Crippen LogP contribution in [0.25, 0.3) is 0 Å². The first-order valence-corrected chi connectivity index (χ1v) is 8.57. The Hall–Kier alpha value is -0.0800. The molecule has 0 aliphatic carbocycles. The number of hydrogen-bond acceptors (Lipinski definition) is 2. The molecule has 0 amide bonds. The molecule has 0 aromatic heterocycles. The molecule has 2 rings (SSSR count). The van der Waals surface area contributed by atoms with Gasteiger partial charge in [-0.25, -0.2) is 0 Å². The SMILES string of the molecule is CC.CCC1CCN(CC2CCNCC2)C(C)(C)C1. The van der Waals surface area contributed by atoms with Crippen LogP contribution in [-0.2, 0) is 0 Å². The molecule has 2 fully saturated rings. The van der Waals surface area contributed by atoms with Gasteiger partial charge in [0.25, 0.3) is 0 Å². The third-order valence-electron chi connectivity index (χ3n) is 4.97. The Morgan fingerprint density at radius 3 is 2.21 bits per heavy atom. The first-order chi connectivity index (χ1) is 9.12. The molecule has 1 unspecified atom stereocenters. The summed E-state index contributed by atoms with van der Waals surface area (Å²) in [5.41, 5.74) is 0.434. The number of hydrogen-bond donors (Lipinski definition) is 1. The van der Waals surface area contributed by atoms with E-state index in [1.807, 2.05) is 13.8 Å². The van der Waals surface area contributed by atoms with Gasteiger partial charge in [0.1, 0.15) is 0 Å². The number of nitrogens with zero attached hydrogens (tertiary/aromatic N) is 1. The molecule has 0 spiro atoms. The second kappa shape index (κ2) is 8.26. The van der Waals surface area contributed by atoms with E-state index in [-0.39, 0.29) is 0 Å². The molecule has 0 radical (unpaired) electrons. The van der Waals surface area contributed by atoms with E-state index in [4.69, 9.17) is 0 Å². The Bertz CT molecular complexity index is 231. The lowest BCUT2D eigenvalue weighted by Crippen LogP contribution is -2.52. The van der Waals surface area contributed by atoms with Gasteiger partial charge in [0, 0.05) is 12.1 Å². The summed E-state index contributed by atoms with van der Waals surface area (Å²) >= 11 is 0. The van der Waals surface area contributed by atoms with Crippen LogP contribution in [0.4, 0.5) is 0 Å². The molecular weight excluding hydrogens is 232 g/mol. The fraction of sp³-hybridized carbons (Fsp3) is 1.00. The van der Waals surface area contributed by atoms with Crippen molar-refractivity contribution in [3.05, 3.63) is 0 Å². The fourth-order valence-corrected chi connectivity index (χ4v) is 3.64. The molecule has 2 heterocycles. The third kappa shape index (κ3) is 5.07. The van der Waals surface area contributed by atoms with Gasteiger partial charge in [-0.1, -0.05) is 27.2 Å². The van der Waals surface area contributed by atoms with Crippen molar-refractivity contribution in [2.24, 2.45) is 11.8 Å². The molecule has 114 valence electrons. The predicted octanol–water partition coefficient (Wildman–Crippen LogP) is 3.91. The largest absolute Gasteiger partial charge is 0.317 e. The Kier molecular flexibility index (Phi) is 7.38. The van der Waals surface area contributed by atoms with Crippen molar-refractivity contribution in [1.82, 2.24) is 10.2 Å². The van der Waals surface area contributed by atoms with Gasteiger partial charge in [-0.2, -0.15) is 0 Å². The molecule has 0 aromatic carbocycles. The van der Waals surface area contributed by atoms with Gasteiger partial charge >= 0.3 is 0 Å². The maximum atomic E-state index is 3.47. The highest BCUT2D eigenvalue weighted by molar-refractivity contribution is 4.90. The van der Waals surface area contributed by atoms with Gasteiger partial charge in [0.2, 0.25) is 0 Å². The summed E-state index contributed by atoms with van der Waals surface area (Å²) < 4.78 is 0. The standard InChI is InChI=1S/C15H30N2.C2H6/c1-4-13-7-10-17(15(2,3)11-13)12-14-5-8-16-9-6-14;1-2/h13-14,16H,4-12H2,1-3H3;1-2H3. The molecule has 0 bridgehead atoms. The van der Waals surface area contributed by atoms with E-state index in [0.29, 0.717) is 5.54 Å². The Balaban J connectivity index is 0.000000861. The van der Waals surface area contributed by atoms with Crippen LogP contribution in [0, 0.1) is 11.8 Å². The summed E-state index contributed by atoms with van der Waals surface area (Å²) in [6.07, 6.45) is 6.94. The molecule has 0 saturated carbocycles. The van der Waals surface area contributed by atoms with Gasteiger partial charge in [0.15, 0.2) is 0 Å². The van der Waals surface area contributed by atoms with E-state index in [1.54, 1.807) is 0 Å². The monoisotopic (exact) mass is 268 g/mol. The van der Waals surface area contributed by atoms with Gasteiger partial charge < -0.3 is 5.32 Å². The van der Waals surface area contributed by atoms with Crippen LogP contribution >= 0.6 is 0 Å². The smallest absolute Gasteiger partial charge is 0.0156 e. The summed E-state index contributed by atoms with van der Waals surface area (Å²) in [4.78, 5) is 2.77. The van der Waals surface area contributed by atoms with Crippen LogP contribution in [0.15, 0.2) is 0 Å². The zero-order valence-corrected chi connectivity index (χ0v) is 14.0. The van der Waals surface area contributed by atoms with E-state index in [2.05, 4.69) is 31.0 Å². The minimum Gasteiger partial charge on any atom is -0.317 e. The Labute approximate surface area is 121 Å². The van der Waals surface area contributed by atoms with Crippen molar-refractivity contribution < 1.29 is 0 Å². The zero-order valence-electron chi connectivity index (χ0n) is 14.0. The average molecular weight is 268 g/mol. The average Bonchev–Trinajstić information content (AvgIpc) is 2.44. The zero-order chi connectivity index (χ0) is 14.3. The van der Waals surface area contributed by atoms with E-state index >= 15 is 0 Å². The molecule has 2 aliphatic heterocycles. The molecule has 2 heteroatoms.